The molecular weight excluding hydrogens is 497 g/mol. The van der Waals surface area contributed by atoms with Gasteiger partial charge in [-0.1, -0.05) is 70.9 Å². The van der Waals surface area contributed by atoms with E-state index in [0.29, 0.717) is 37.1 Å². The number of amides is 1. The molecule has 1 aliphatic heterocycles. The van der Waals surface area contributed by atoms with E-state index in [4.69, 9.17) is 40.2 Å². The number of carbonyl (C=O) groups is 1. The van der Waals surface area contributed by atoms with Crippen LogP contribution in [-0.4, -0.2) is 10.5 Å². The fraction of sp³-hybridized carbons (Fsp3) is 0.0833. The van der Waals surface area contributed by atoms with Gasteiger partial charge in [-0.15, -0.1) is 0 Å². The standard InChI is InChI=1S/C24H17Cl2N3O2S2/c25-16-9-6-15(19(26)12-16)13-31-18-10-7-14(8-11-18)21-27-22-20(23(30)28-21)33-24(32)29(22)17-4-2-1-3-5-17/h1-12,21,27H,13H2,(H,28,30). The SMILES string of the molecule is O=C1NC(c2ccc(OCc3ccc(Cl)cc3Cl)cc2)Nc2c1sc(=S)n2-c1ccccc1. The third-order valence-electron chi connectivity index (χ3n) is 5.21. The highest BCUT2D eigenvalue weighted by atomic mass is 35.5. The van der Waals surface area contributed by atoms with E-state index >= 15 is 0 Å². The fourth-order valence-electron chi connectivity index (χ4n) is 3.56. The summed E-state index contributed by atoms with van der Waals surface area (Å²) in [5.74, 6) is 1.23. The lowest BCUT2D eigenvalue weighted by Gasteiger charge is -2.27. The number of benzene rings is 3. The summed E-state index contributed by atoms with van der Waals surface area (Å²) in [5.41, 5.74) is 2.65. The Hall–Kier alpha value is -2.84. The van der Waals surface area contributed by atoms with Gasteiger partial charge in [0.15, 0.2) is 3.95 Å². The van der Waals surface area contributed by atoms with E-state index < -0.39 is 6.17 Å². The van der Waals surface area contributed by atoms with Gasteiger partial charge in [0.05, 0.1) is 0 Å². The minimum absolute atomic E-state index is 0.155. The maximum absolute atomic E-state index is 12.8. The summed E-state index contributed by atoms with van der Waals surface area (Å²) in [6, 6.07) is 22.6. The first-order chi connectivity index (χ1) is 16.0. The van der Waals surface area contributed by atoms with E-state index in [1.54, 1.807) is 12.1 Å². The molecule has 0 spiro atoms. The largest absolute Gasteiger partial charge is 0.489 e. The van der Waals surface area contributed by atoms with Crippen LogP contribution in [0.15, 0.2) is 72.8 Å². The van der Waals surface area contributed by atoms with Crippen LogP contribution < -0.4 is 15.4 Å². The van der Waals surface area contributed by atoms with E-state index in [-0.39, 0.29) is 5.91 Å². The van der Waals surface area contributed by atoms with Crippen LogP contribution in [0.2, 0.25) is 10.0 Å². The summed E-state index contributed by atoms with van der Waals surface area (Å²) in [6.45, 7) is 0.324. The maximum Gasteiger partial charge on any atom is 0.267 e. The van der Waals surface area contributed by atoms with Crippen molar-refractivity contribution in [3.63, 3.8) is 0 Å². The Kier molecular flexibility index (Phi) is 6.12. The van der Waals surface area contributed by atoms with E-state index in [1.165, 1.54) is 11.3 Å². The molecule has 1 unspecified atom stereocenters. The number of aromatic nitrogens is 1. The van der Waals surface area contributed by atoms with Gasteiger partial charge in [-0.2, -0.15) is 0 Å². The van der Waals surface area contributed by atoms with Crippen molar-refractivity contribution >= 4 is 58.5 Å². The molecule has 9 heteroatoms. The molecule has 5 rings (SSSR count). The molecule has 0 radical (unpaired) electrons. The van der Waals surface area contributed by atoms with Crippen LogP contribution in [0.4, 0.5) is 5.82 Å². The zero-order chi connectivity index (χ0) is 22.9. The van der Waals surface area contributed by atoms with Gasteiger partial charge in [0, 0.05) is 21.3 Å². The smallest absolute Gasteiger partial charge is 0.267 e. The molecule has 0 saturated carbocycles. The van der Waals surface area contributed by atoms with E-state index in [1.807, 2.05) is 65.2 Å². The molecular formula is C24H17Cl2N3O2S2. The number of thiazole rings is 1. The van der Waals surface area contributed by atoms with Crippen LogP contribution in [0, 0.1) is 3.95 Å². The summed E-state index contributed by atoms with van der Waals surface area (Å²) in [5, 5.41) is 7.57. The van der Waals surface area contributed by atoms with Crippen molar-refractivity contribution < 1.29 is 9.53 Å². The topological polar surface area (TPSA) is 55.3 Å². The van der Waals surface area contributed by atoms with Crippen molar-refractivity contribution in [3.05, 3.63) is 103 Å². The maximum atomic E-state index is 12.8. The van der Waals surface area contributed by atoms with Gasteiger partial charge in [0.25, 0.3) is 5.91 Å². The molecule has 2 N–H and O–H groups in total. The van der Waals surface area contributed by atoms with Gasteiger partial charge in [-0.3, -0.25) is 9.36 Å². The minimum atomic E-state index is -0.399. The molecule has 1 aliphatic rings. The summed E-state index contributed by atoms with van der Waals surface area (Å²) in [4.78, 5) is 13.4. The molecule has 0 bridgehead atoms. The first kappa shape index (κ1) is 22.0. The van der Waals surface area contributed by atoms with Crippen LogP contribution in [0.1, 0.15) is 27.0 Å². The first-order valence-electron chi connectivity index (χ1n) is 10.0. The van der Waals surface area contributed by atoms with Gasteiger partial charge < -0.3 is 15.4 Å². The number of hydrogen-bond acceptors (Lipinski definition) is 5. The Morgan fingerprint density at radius 1 is 1.00 bits per heavy atom. The second-order valence-electron chi connectivity index (χ2n) is 7.36. The molecule has 1 amide bonds. The number of fused-ring (bicyclic) bond motifs is 1. The molecule has 33 heavy (non-hydrogen) atoms. The normalized spacial score (nSPS) is 14.8. The van der Waals surface area contributed by atoms with Crippen LogP contribution in [0.3, 0.4) is 0 Å². The van der Waals surface area contributed by atoms with Gasteiger partial charge >= 0.3 is 0 Å². The Bertz CT molecular complexity index is 1390. The highest BCUT2D eigenvalue weighted by Gasteiger charge is 2.29. The average Bonchev–Trinajstić information content (AvgIpc) is 3.16. The van der Waals surface area contributed by atoms with Crippen molar-refractivity contribution in [1.82, 2.24) is 9.88 Å². The lowest BCUT2D eigenvalue weighted by molar-refractivity contribution is 0.0939. The number of anilines is 1. The first-order valence-corrected chi connectivity index (χ1v) is 12.0. The number of rotatable bonds is 5. The third kappa shape index (κ3) is 4.50. The van der Waals surface area contributed by atoms with Crippen LogP contribution in [-0.2, 0) is 6.61 Å². The average molecular weight is 514 g/mol. The van der Waals surface area contributed by atoms with Crippen LogP contribution in [0.25, 0.3) is 5.69 Å². The van der Waals surface area contributed by atoms with Crippen molar-refractivity contribution in [2.75, 3.05) is 5.32 Å². The zero-order valence-electron chi connectivity index (χ0n) is 17.0. The Morgan fingerprint density at radius 3 is 2.48 bits per heavy atom. The summed E-state index contributed by atoms with van der Waals surface area (Å²) in [7, 11) is 0. The van der Waals surface area contributed by atoms with Crippen LogP contribution in [0.5, 0.6) is 5.75 Å². The van der Waals surface area contributed by atoms with E-state index in [2.05, 4.69) is 10.6 Å². The fourth-order valence-corrected chi connectivity index (χ4v) is 5.33. The number of nitrogens with one attached hydrogen (secondary N) is 2. The number of nitrogens with zero attached hydrogens (tertiary/aromatic N) is 1. The third-order valence-corrected chi connectivity index (χ3v) is 7.17. The second-order valence-corrected chi connectivity index (χ2v) is 9.85. The predicted molar refractivity (Wildman–Crippen MR) is 136 cm³/mol. The number of halogens is 2. The number of ether oxygens (including phenoxy) is 1. The predicted octanol–water partition coefficient (Wildman–Crippen LogP) is 7.01. The lowest BCUT2D eigenvalue weighted by Crippen LogP contribution is -2.38. The molecule has 1 aromatic heterocycles. The monoisotopic (exact) mass is 513 g/mol. The van der Waals surface area contributed by atoms with E-state index in [0.717, 1.165) is 16.8 Å². The number of carbonyl (C=O) groups excluding carboxylic acids is 1. The summed E-state index contributed by atoms with van der Waals surface area (Å²) >= 11 is 19.0. The van der Waals surface area contributed by atoms with Crippen molar-refractivity contribution in [1.29, 1.82) is 0 Å². The Labute approximate surface area is 209 Å². The molecule has 166 valence electrons. The summed E-state index contributed by atoms with van der Waals surface area (Å²) in [6.07, 6.45) is -0.399. The molecule has 1 atom stereocenters. The van der Waals surface area contributed by atoms with Crippen molar-refractivity contribution in [2.24, 2.45) is 0 Å². The molecule has 2 heterocycles. The second kappa shape index (κ2) is 9.19. The molecule has 4 aromatic rings. The highest BCUT2D eigenvalue weighted by Crippen LogP contribution is 2.34. The van der Waals surface area contributed by atoms with Gasteiger partial charge in [0.2, 0.25) is 0 Å². The zero-order valence-corrected chi connectivity index (χ0v) is 20.2. The van der Waals surface area contributed by atoms with Gasteiger partial charge in [-0.05, 0) is 54.2 Å². The highest BCUT2D eigenvalue weighted by molar-refractivity contribution is 7.73. The Morgan fingerprint density at radius 2 is 1.76 bits per heavy atom. The van der Waals surface area contributed by atoms with Crippen molar-refractivity contribution in [2.45, 2.75) is 12.8 Å². The minimum Gasteiger partial charge on any atom is -0.489 e. The molecule has 0 fully saturated rings. The molecule has 3 aromatic carbocycles. The van der Waals surface area contributed by atoms with E-state index in [9.17, 15) is 4.79 Å². The van der Waals surface area contributed by atoms with Crippen molar-refractivity contribution in [3.8, 4) is 11.4 Å². The lowest BCUT2D eigenvalue weighted by atomic mass is 10.1. The number of hydrogen-bond donors (Lipinski definition) is 2. The Balaban J connectivity index is 1.35. The van der Waals surface area contributed by atoms with Gasteiger partial charge in [-0.25, -0.2) is 0 Å². The molecule has 0 saturated heterocycles. The molecule has 5 nitrogen and oxygen atoms in total. The van der Waals surface area contributed by atoms with Gasteiger partial charge in [0.1, 0.15) is 29.2 Å². The summed E-state index contributed by atoms with van der Waals surface area (Å²) < 4.78 is 8.37. The number of para-hydroxylation sites is 1. The van der Waals surface area contributed by atoms with Crippen LogP contribution >= 0.6 is 46.8 Å². The molecule has 0 aliphatic carbocycles. The quantitative estimate of drug-likeness (QED) is 0.282.